The van der Waals surface area contributed by atoms with Crippen LogP contribution in [0, 0.1) is 13.8 Å². The number of benzene rings is 1. The fourth-order valence-corrected chi connectivity index (χ4v) is 4.68. The number of nitrogens with zero attached hydrogens (tertiary/aromatic N) is 4. The molecule has 3 heterocycles. The van der Waals surface area contributed by atoms with E-state index in [1.54, 1.807) is 17.6 Å². The molecule has 0 unspecified atom stereocenters. The molecule has 0 aliphatic rings. The summed E-state index contributed by atoms with van der Waals surface area (Å²) in [5, 5.41) is 11.2. The lowest BCUT2D eigenvalue weighted by atomic mass is 10.2. The predicted octanol–water partition coefficient (Wildman–Crippen LogP) is 4.86. The normalized spacial score (nSPS) is 11.0. The second kappa shape index (κ2) is 9.32. The van der Waals surface area contributed by atoms with Crippen molar-refractivity contribution in [1.82, 2.24) is 19.7 Å². The number of carbonyl (C=O) groups is 1. The van der Waals surface area contributed by atoms with Gasteiger partial charge in [0.1, 0.15) is 11.6 Å². The van der Waals surface area contributed by atoms with Crippen LogP contribution in [0.3, 0.4) is 0 Å². The zero-order valence-corrected chi connectivity index (χ0v) is 18.4. The fourth-order valence-electron chi connectivity index (χ4n) is 3.06. The molecule has 4 rings (SSSR count). The van der Waals surface area contributed by atoms with E-state index in [0.717, 1.165) is 22.1 Å². The molecular formula is C22H22N4O2S2. The molecule has 0 N–H and O–H groups in total. The van der Waals surface area contributed by atoms with E-state index < -0.39 is 0 Å². The third-order valence-electron chi connectivity index (χ3n) is 4.62. The van der Waals surface area contributed by atoms with Crippen LogP contribution < -0.4 is 0 Å². The predicted molar refractivity (Wildman–Crippen MR) is 119 cm³/mol. The van der Waals surface area contributed by atoms with Gasteiger partial charge in [0, 0.05) is 10.6 Å². The number of thiophene rings is 1. The maximum atomic E-state index is 13.1. The molecule has 30 heavy (non-hydrogen) atoms. The number of rotatable bonds is 8. The molecule has 0 saturated carbocycles. The number of thioether (sulfide) groups is 1. The average Bonchev–Trinajstić information content (AvgIpc) is 3.50. The number of hydrogen-bond donors (Lipinski definition) is 0. The number of carbonyl (C=O) groups excluding carboxylic acids is 1. The maximum absolute atomic E-state index is 13.1. The Morgan fingerprint density at radius 1 is 1.10 bits per heavy atom. The van der Waals surface area contributed by atoms with Crippen LogP contribution in [0.25, 0.3) is 5.69 Å². The molecule has 0 spiro atoms. The van der Waals surface area contributed by atoms with Crippen LogP contribution in [-0.4, -0.2) is 31.3 Å². The van der Waals surface area contributed by atoms with Crippen LogP contribution in [0.5, 0.6) is 0 Å². The van der Waals surface area contributed by atoms with Gasteiger partial charge in [-0.25, -0.2) is 0 Å². The van der Waals surface area contributed by atoms with Crippen molar-refractivity contribution in [1.29, 1.82) is 0 Å². The quantitative estimate of drug-likeness (QED) is 0.368. The van der Waals surface area contributed by atoms with Crippen LogP contribution in [0.4, 0.5) is 0 Å². The Morgan fingerprint density at radius 2 is 1.93 bits per heavy atom. The van der Waals surface area contributed by atoms with Crippen molar-refractivity contribution in [2.75, 3.05) is 5.75 Å². The van der Waals surface area contributed by atoms with Crippen molar-refractivity contribution >= 4 is 29.0 Å². The summed E-state index contributed by atoms with van der Waals surface area (Å²) in [6.45, 7) is 4.96. The van der Waals surface area contributed by atoms with E-state index in [1.165, 1.54) is 17.3 Å². The molecule has 0 bridgehead atoms. The zero-order valence-electron chi connectivity index (χ0n) is 16.8. The lowest BCUT2D eigenvalue weighted by Crippen LogP contribution is -2.31. The first-order valence-electron chi connectivity index (χ1n) is 9.54. The Labute approximate surface area is 183 Å². The molecule has 0 aliphatic carbocycles. The molecule has 1 aromatic carbocycles. The molecule has 1 amide bonds. The largest absolute Gasteiger partial charge is 0.467 e. The lowest BCUT2D eigenvalue weighted by Gasteiger charge is -2.21. The summed E-state index contributed by atoms with van der Waals surface area (Å²) in [5.74, 6) is 1.86. The molecule has 4 aromatic rings. The number of aryl methyl sites for hydroxylation is 2. The monoisotopic (exact) mass is 438 g/mol. The fraction of sp³-hybridized carbons (Fsp3) is 0.227. The smallest absolute Gasteiger partial charge is 0.233 e. The van der Waals surface area contributed by atoms with E-state index in [2.05, 4.69) is 29.3 Å². The van der Waals surface area contributed by atoms with E-state index in [9.17, 15) is 4.79 Å². The minimum Gasteiger partial charge on any atom is -0.467 e. The highest BCUT2D eigenvalue weighted by Gasteiger charge is 2.19. The molecule has 0 fully saturated rings. The maximum Gasteiger partial charge on any atom is 0.233 e. The van der Waals surface area contributed by atoms with Gasteiger partial charge in [-0.15, -0.1) is 21.5 Å². The third kappa shape index (κ3) is 4.83. The van der Waals surface area contributed by atoms with Crippen LogP contribution in [0.2, 0.25) is 0 Å². The van der Waals surface area contributed by atoms with Gasteiger partial charge in [-0.1, -0.05) is 35.5 Å². The van der Waals surface area contributed by atoms with Gasteiger partial charge in [0.25, 0.3) is 0 Å². The van der Waals surface area contributed by atoms with Gasteiger partial charge in [-0.3, -0.25) is 9.36 Å². The van der Waals surface area contributed by atoms with E-state index in [-0.39, 0.29) is 11.7 Å². The first kappa shape index (κ1) is 20.4. The molecule has 0 radical (unpaired) electrons. The van der Waals surface area contributed by atoms with Crippen molar-refractivity contribution in [3.63, 3.8) is 0 Å². The Morgan fingerprint density at radius 3 is 2.63 bits per heavy atom. The van der Waals surface area contributed by atoms with Crippen molar-refractivity contribution in [2.24, 2.45) is 0 Å². The molecule has 3 aromatic heterocycles. The van der Waals surface area contributed by atoms with Gasteiger partial charge in [0.2, 0.25) is 5.91 Å². The van der Waals surface area contributed by atoms with Crippen molar-refractivity contribution in [3.05, 3.63) is 82.2 Å². The van der Waals surface area contributed by atoms with Gasteiger partial charge in [-0.2, -0.15) is 0 Å². The summed E-state index contributed by atoms with van der Waals surface area (Å²) in [7, 11) is 0. The number of aromatic nitrogens is 3. The molecule has 0 aliphatic heterocycles. The molecular weight excluding hydrogens is 416 g/mol. The van der Waals surface area contributed by atoms with E-state index in [4.69, 9.17) is 4.42 Å². The first-order chi connectivity index (χ1) is 14.6. The van der Waals surface area contributed by atoms with Gasteiger partial charge < -0.3 is 9.32 Å². The summed E-state index contributed by atoms with van der Waals surface area (Å²) in [6.07, 6.45) is 1.63. The van der Waals surface area contributed by atoms with E-state index in [0.29, 0.717) is 18.2 Å². The van der Waals surface area contributed by atoms with Crippen LogP contribution in [0.15, 0.2) is 69.7 Å². The van der Waals surface area contributed by atoms with Crippen LogP contribution in [0.1, 0.15) is 22.0 Å². The summed E-state index contributed by atoms with van der Waals surface area (Å²) in [5.41, 5.74) is 2.18. The van der Waals surface area contributed by atoms with Crippen molar-refractivity contribution in [3.8, 4) is 5.69 Å². The summed E-state index contributed by atoms with van der Waals surface area (Å²) >= 11 is 3.04. The zero-order chi connectivity index (χ0) is 20.9. The molecule has 0 atom stereocenters. The Kier molecular flexibility index (Phi) is 6.35. The topological polar surface area (TPSA) is 64.2 Å². The Hall–Kier alpha value is -2.84. The lowest BCUT2D eigenvalue weighted by molar-refractivity contribution is -0.129. The summed E-state index contributed by atoms with van der Waals surface area (Å²) in [4.78, 5) is 16.0. The van der Waals surface area contributed by atoms with Gasteiger partial charge in [0.15, 0.2) is 5.16 Å². The van der Waals surface area contributed by atoms with Crippen LogP contribution >= 0.6 is 23.1 Å². The third-order valence-corrected chi connectivity index (χ3v) is 6.39. The summed E-state index contributed by atoms with van der Waals surface area (Å²) < 4.78 is 7.44. The van der Waals surface area contributed by atoms with E-state index >= 15 is 0 Å². The first-order valence-corrected chi connectivity index (χ1v) is 11.4. The Bertz CT molecular complexity index is 1050. The van der Waals surface area contributed by atoms with Gasteiger partial charge >= 0.3 is 0 Å². The minimum absolute atomic E-state index is 0.0286. The SMILES string of the molecule is Cc1ccc(-n2c(C)nnc2SCC(=O)N(Cc2ccco2)Cc2cccs2)cc1. The second-order valence-electron chi connectivity index (χ2n) is 6.90. The minimum atomic E-state index is 0.0286. The summed E-state index contributed by atoms with van der Waals surface area (Å²) in [6, 6.07) is 16.0. The van der Waals surface area contributed by atoms with Crippen LogP contribution in [-0.2, 0) is 17.9 Å². The highest BCUT2D eigenvalue weighted by atomic mass is 32.2. The number of hydrogen-bond acceptors (Lipinski definition) is 6. The van der Waals surface area contributed by atoms with Gasteiger partial charge in [-0.05, 0) is 49.6 Å². The highest BCUT2D eigenvalue weighted by Crippen LogP contribution is 2.23. The van der Waals surface area contributed by atoms with E-state index in [1.807, 2.05) is 58.2 Å². The molecule has 154 valence electrons. The second-order valence-corrected chi connectivity index (χ2v) is 8.87. The highest BCUT2D eigenvalue weighted by molar-refractivity contribution is 7.99. The Balaban J connectivity index is 1.49. The molecule has 0 saturated heterocycles. The molecule has 8 heteroatoms. The van der Waals surface area contributed by atoms with Gasteiger partial charge in [0.05, 0.1) is 25.1 Å². The number of amides is 1. The standard InChI is InChI=1S/C22H22N4O2S2/c1-16-7-9-18(10-8-16)26-17(2)23-24-22(26)30-15-21(27)25(13-19-5-3-11-28-19)14-20-6-4-12-29-20/h3-12H,13-15H2,1-2H3. The van der Waals surface area contributed by atoms with Crippen molar-refractivity contribution < 1.29 is 9.21 Å². The molecule has 6 nitrogen and oxygen atoms in total. The average molecular weight is 439 g/mol. The number of furan rings is 1. The van der Waals surface area contributed by atoms with Crippen molar-refractivity contribution in [2.45, 2.75) is 32.1 Å².